The van der Waals surface area contributed by atoms with E-state index >= 15 is 4.39 Å². The molecule has 0 bridgehead atoms. The zero-order valence-corrected chi connectivity index (χ0v) is 22.5. The summed E-state index contributed by atoms with van der Waals surface area (Å²) in [5, 5.41) is 32.4. The van der Waals surface area contributed by atoms with E-state index in [4.69, 9.17) is 0 Å². The number of ketones is 2. The third-order valence-electron chi connectivity index (χ3n) is 9.83. The molecule has 8 atom stereocenters. The van der Waals surface area contributed by atoms with E-state index in [9.17, 15) is 24.9 Å². The number of hydrogen-bond donors (Lipinski definition) is 3. The van der Waals surface area contributed by atoms with Crippen molar-refractivity contribution in [3.63, 3.8) is 0 Å². The maximum atomic E-state index is 17.3. The molecule has 0 heterocycles. The van der Waals surface area contributed by atoms with E-state index in [1.165, 1.54) is 0 Å². The second-order valence-electron chi connectivity index (χ2n) is 10.6. The molecule has 0 aromatic rings. The molecule has 0 amide bonds. The van der Waals surface area contributed by atoms with Crippen LogP contribution in [0.3, 0.4) is 0 Å². The topological polar surface area (TPSA) is 94.8 Å². The van der Waals surface area contributed by atoms with Crippen LogP contribution in [0.4, 0.5) is 4.39 Å². The summed E-state index contributed by atoms with van der Waals surface area (Å²) in [5.41, 5.74) is -4.95. The molecule has 3 N–H and O–H groups in total. The van der Waals surface area contributed by atoms with Crippen LogP contribution >= 0.6 is 0 Å². The Morgan fingerprint density at radius 1 is 1.30 bits per heavy atom. The van der Waals surface area contributed by atoms with Gasteiger partial charge in [-0.3, -0.25) is 0 Å². The van der Waals surface area contributed by atoms with Crippen molar-refractivity contribution in [3.05, 3.63) is 17.3 Å². The molecule has 0 aliphatic heterocycles. The standard InChI is InChI=1S/C22H27FO5.2Na/c1-12-8-16-15-5-4-13-9-14(25)6-7-19(13,2)21(15,23)17(26)10-20(16,3)22(12,28)18(27)11-24;;/h9,12,15-17,24,26,28H,4-5,8,10-11H2,1-3H3;;/t12-,15+,16+,17+,19+,20+,21+,22+;;/m1../s1. The van der Waals surface area contributed by atoms with Gasteiger partial charge in [-0.2, -0.15) is 0 Å². The summed E-state index contributed by atoms with van der Waals surface area (Å²) in [6, 6.07) is 0. The number of carbonyl (C=O) groups is 2. The Bertz CT molecular complexity index is 902. The molecule has 4 rings (SSSR count). The Morgan fingerprint density at radius 3 is 2.53 bits per heavy atom. The van der Waals surface area contributed by atoms with Crippen molar-refractivity contribution in [2.45, 2.75) is 63.8 Å². The van der Waals surface area contributed by atoms with Gasteiger partial charge in [-0.05, 0) is 0 Å². The molecule has 3 saturated carbocycles. The number of aliphatic hydroxyl groups is 3. The molecule has 0 radical (unpaired) electrons. The summed E-state index contributed by atoms with van der Waals surface area (Å²) in [7, 11) is 0. The summed E-state index contributed by atoms with van der Waals surface area (Å²) < 4.78 is 18.9. The Labute approximate surface area is 211 Å². The van der Waals surface area contributed by atoms with Gasteiger partial charge in [0.15, 0.2) is 0 Å². The minimum atomic E-state index is -1.94. The first-order valence-electron chi connectivity index (χ1n) is 11.0. The van der Waals surface area contributed by atoms with Gasteiger partial charge in [-0.15, -0.1) is 0 Å². The van der Waals surface area contributed by atoms with Crippen molar-refractivity contribution in [1.29, 1.82) is 0 Å². The fourth-order valence-electron chi connectivity index (χ4n) is 7.87. The predicted molar refractivity (Wildman–Crippen MR) is 109 cm³/mol. The SMILES string of the molecule is C[C@@H]1C[C@H]2[C@@H]3CCC4=CC(=O)[C]([Na])=[C]([Na])[C@]4(C)[C@@]3(F)[C@@H](O)C[C@]2(C)[C@@]1(O)C(=O)CO. The first-order valence-corrected chi connectivity index (χ1v) is 13.0. The zero-order chi connectivity index (χ0) is 22.4. The van der Waals surface area contributed by atoms with E-state index in [-0.39, 0.29) is 18.1 Å². The van der Waals surface area contributed by atoms with Crippen LogP contribution in [0.25, 0.3) is 0 Å². The quantitative estimate of drug-likeness (QED) is 0.559. The van der Waals surface area contributed by atoms with Crippen molar-refractivity contribution in [1.82, 2.24) is 0 Å². The Morgan fingerprint density at radius 2 is 1.93 bits per heavy atom. The summed E-state index contributed by atoms with van der Waals surface area (Å²) in [6.45, 7) is 4.65. The van der Waals surface area contributed by atoms with Crippen LogP contribution in [-0.4, -0.2) is 107 Å². The van der Waals surface area contributed by atoms with Gasteiger partial charge in [-0.25, -0.2) is 0 Å². The van der Waals surface area contributed by atoms with Crippen LogP contribution < -0.4 is 0 Å². The van der Waals surface area contributed by atoms with Gasteiger partial charge in [0.05, 0.1) is 0 Å². The van der Waals surface area contributed by atoms with Gasteiger partial charge in [0, 0.05) is 0 Å². The van der Waals surface area contributed by atoms with Gasteiger partial charge in [0.25, 0.3) is 0 Å². The summed E-state index contributed by atoms with van der Waals surface area (Å²) in [6.07, 6.45) is 1.73. The predicted octanol–water partition coefficient (Wildman–Crippen LogP) is 0.888. The van der Waals surface area contributed by atoms with E-state index in [0.717, 1.165) is 11.2 Å². The molecule has 4 aliphatic carbocycles. The van der Waals surface area contributed by atoms with E-state index in [1.54, 1.807) is 19.9 Å². The number of rotatable bonds is 2. The maximum absolute atomic E-state index is 17.3. The number of Topliss-reactive ketones (excluding diaryl/α,β-unsaturated/α-hetero) is 1. The molecular formula is C22H27FNa2O5. The minimum absolute atomic E-state index is 0.00580. The molecule has 8 heteroatoms. The average molecular weight is 436 g/mol. The van der Waals surface area contributed by atoms with E-state index in [0.29, 0.717) is 75.1 Å². The molecule has 4 aliphatic rings. The van der Waals surface area contributed by atoms with Gasteiger partial charge in [0.1, 0.15) is 0 Å². The average Bonchev–Trinajstić information content (AvgIpc) is 2.90. The van der Waals surface area contributed by atoms with Crippen LogP contribution in [0, 0.1) is 28.6 Å². The normalized spacial score (nSPS) is 50.6. The first kappa shape index (κ1) is 23.8. The molecule has 5 nitrogen and oxygen atoms in total. The Balaban J connectivity index is 1.88. The number of carbonyl (C=O) groups excluding carboxylic acids is 2. The number of hydrogen-bond acceptors (Lipinski definition) is 5. The first-order chi connectivity index (χ1) is 13.8. The number of fused-ring (bicyclic) bond motifs is 5. The fourth-order valence-corrected chi connectivity index (χ4v) is 9.46. The molecule has 3 fully saturated rings. The number of alkyl halides is 1. The van der Waals surface area contributed by atoms with Gasteiger partial charge >= 0.3 is 213 Å². The second kappa shape index (κ2) is 7.31. The van der Waals surface area contributed by atoms with E-state index < -0.39 is 52.4 Å². The van der Waals surface area contributed by atoms with Gasteiger partial charge < -0.3 is 0 Å². The Kier molecular flexibility index (Phi) is 5.80. The molecule has 0 aromatic carbocycles. The van der Waals surface area contributed by atoms with Crippen molar-refractivity contribution in [3.8, 4) is 0 Å². The zero-order valence-electron chi connectivity index (χ0n) is 18.5. The molecule has 154 valence electrons. The number of allylic oxidation sites excluding steroid dienone is 4. The number of halogens is 1. The van der Waals surface area contributed by atoms with Gasteiger partial charge in [0.2, 0.25) is 0 Å². The summed E-state index contributed by atoms with van der Waals surface area (Å²) >= 11 is 1.09. The van der Waals surface area contributed by atoms with E-state index in [1.807, 2.05) is 6.92 Å². The van der Waals surface area contributed by atoms with Crippen LogP contribution in [-0.2, 0) is 9.59 Å². The van der Waals surface area contributed by atoms with Crippen LogP contribution in [0.15, 0.2) is 17.3 Å². The monoisotopic (exact) mass is 436 g/mol. The van der Waals surface area contributed by atoms with Gasteiger partial charge in [-0.1, -0.05) is 0 Å². The summed E-state index contributed by atoms with van der Waals surface area (Å²) in [4.78, 5) is 25.1. The fraction of sp³-hybridized carbons (Fsp3) is 0.727. The number of aliphatic hydroxyl groups excluding tert-OH is 2. The van der Waals surface area contributed by atoms with Crippen molar-refractivity contribution in [2.24, 2.45) is 28.6 Å². The van der Waals surface area contributed by atoms with E-state index in [2.05, 4.69) is 0 Å². The molecule has 30 heavy (non-hydrogen) atoms. The summed E-state index contributed by atoms with van der Waals surface area (Å²) in [5.74, 6) is -1.89. The molecule has 0 saturated heterocycles. The van der Waals surface area contributed by atoms with Crippen molar-refractivity contribution in [2.75, 3.05) is 6.61 Å². The van der Waals surface area contributed by atoms with Crippen molar-refractivity contribution < 1.29 is 29.3 Å². The van der Waals surface area contributed by atoms with Crippen LogP contribution in [0.1, 0.15) is 46.5 Å². The van der Waals surface area contributed by atoms with Crippen LogP contribution in [0.2, 0.25) is 0 Å². The molecular weight excluding hydrogens is 409 g/mol. The Hall–Kier alpha value is 0.630. The molecule has 0 unspecified atom stereocenters. The third kappa shape index (κ3) is 2.55. The molecule has 0 aromatic heterocycles. The second-order valence-corrected chi connectivity index (χ2v) is 12.6. The van der Waals surface area contributed by atoms with Crippen LogP contribution in [0.5, 0.6) is 0 Å². The molecule has 0 spiro atoms. The van der Waals surface area contributed by atoms with Crippen molar-refractivity contribution >= 4 is 67.4 Å². The third-order valence-corrected chi connectivity index (χ3v) is 13.8.